The van der Waals surface area contributed by atoms with Crippen molar-refractivity contribution < 1.29 is 13.2 Å². The van der Waals surface area contributed by atoms with Gasteiger partial charge in [0, 0.05) is 12.3 Å². The lowest BCUT2D eigenvalue weighted by Gasteiger charge is -2.15. The number of hydrogen-bond acceptors (Lipinski definition) is 5. The highest BCUT2D eigenvalue weighted by Crippen LogP contribution is 2.32. The van der Waals surface area contributed by atoms with Gasteiger partial charge in [0.2, 0.25) is 0 Å². The van der Waals surface area contributed by atoms with Gasteiger partial charge in [0.25, 0.3) is 0 Å². The minimum absolute atomic E-state index is 0.0321. The van der Waals surface area contributed by atoms with Crippen LogP contribution in [-0.2, 0) is 9.84 Å². The normalized spacial score (nSPS) is 13.7. The van der Waals surface area contributed by atoms with Crippen molar-refractivity contribution in [2.24, 2.45) is 0 Å². The van der Waals surface area contributed by atoms with Crippen molar-refractivity contribution in [1.82, 2.24) is 5.32 Å². The van der Waals surface area contributed by atoms with E-state index in [1.54, 1.807) is 18.4 Å². The summed E-state index contributed by atoms with van der Waals surface area (Å²) in [5.74, 6) is 0.998. The number of sulfone groups is 1. The Morgan fingerprint density at radius 2 is 2.25 bits per heavy atom. The summed E-state index contributed by atoms with van der Waals surface area (Å²) in [5.41, 5.74) is 0. The molecule has 1 aromatic rings. The molecule has 1 unspecified atom stereocenters. The lowest BCUT2D eigenvalue weighted by molar-refractivity contribution is 0.404. The van der Waals surface area contributed by atoms with Crippen LogP contribution < -0.4 is 10.1 Å². The minimum atomic E-state index is -2.92. The SMILES string of the molecule is CNC(CCS(C)(=O)=O)c1sccc1OC. The molecule has 0 aliphatic carbocycles. The predicted molar refractivity (Wildman–Crippen MR) is 67.0 cm³/mol. The molecule has 1 rings (SSSR count). The zero-order valence-electron chi connectivity index (χ0n) is 9.69. The van der Waals surface area contributed by atoms with Gasteiger partial charge in [-0.05, 0) is 24.9 Å². The molecule has 0 radical (unpaired) electrons. The van der Waals surface area contributed by atoms with E-state index in [9.17, 15) is 8.42 Å². The van der Waals surface area contributed by atoms with E-state index in [4.69, 9.17) is 4.74 Å². The van der Waals surface area contributed by atoms with Crippen molar-refractivity contribution in [2.75, 3.05) is 26.2 Å². The van der Waals surface area contributed by atoms with Gasteiger partial charge in [0.1, 0.15) is 15.6 Å². The Hall–Kier alpha value is -0.590. The van der Waals surface area contributed by atoms with E-state index in [1.165, 1.54) is 6.26 Å². The maximum atomic E-state index is 11.1. The molecule has 0 aromatic carbocycles. The molecule has 0 bridgehead atoms. The van der Waals surface area contributed by atoms with E-state index >= 15 is 0 Å². The van der Waals surface area contributed by atoms with E-state index in [0.29, 0.717) is 6.42 Å². The summed E-state index contributed by atoms with van der Waals surface area (Å²) in [4.78, 5) is 1.05. The number of thiophene rings is 1. The molecule has 0 fully saturated rings. The fourth-order valence-electron chi connectivity index (χ4n) is 1.47. The number of nitrogens with one attached hydrogen (secondary N) is 1. The Bertz CT molecular complexity index is 425. The maximum absolute atomic E-state index is 11.1. The third kappa shape index (κ3) is 3.77. The summed E-state index contributed by atoms with van der Waals surface area (Å²) in [7, 11) is 0.529. The van der Waals surface area contributed by atoms with Gasteiger partial charge < -0.3 is 10.1 Å². The Balaban J connectivity index is 2.75. The van der Waals surface area contributed by atoms with E-state index in [1.807, 2.05) is 18.5 Å². The molecule has 0 spiro atoms. The molecular formula is C10H17NO3S2. The number of hydrogen-bond donors (Lipinski definition) is 1. The smallest absolute Gasteiger partial charge is 0.147 e. The fraction of sp³-hybridized carbons (Fsp3) is 0.600. The van der Waals surface area contributed by atoms with E-state index in [-0.39, 0.29) is 11.8 Å². The molecule has 0 aliphatic heterocycles. The highest BCUT2D eigenvalue weighted by molar-refractivity contribution is 7.90. The van der Waals surface area contributed by atoms with Gasteiger partial charge in [-0.25, -0.2) is 8.42 Å². The van der Waals surface area contributed by atoms with Crippen molar-refractivity contribution in [3.8, 4) is 5.75 Å². The van der Waals surface area contributed by atoms with Gasteiger partial charge in [-0.3, -0.25) is 0 Å². The molecule has 0 aliphatic rings. The van der Waals surface area contributed by atoms with Crippen LogP contribution in [0, 0.1) is 0 Å². The largest absolute Gasteiger partial charge is 0.496 e. The first-order chi connectivity index (χ1) is 7.48. The molecule has 1 atom stereocenters. The number of ether oxygens (including phenoxy) is 1. The van der Waals surface area contributed by atoms with Crippen LogP contribution >= 0.6 is 11.3 Å². The summed E-state index contributed by atoms with van der Waals surface area (Å²) in [6.45, 7) is 0. The summed E-state index contributed by atoms with van der Waals surface area (Å²) in [6, 6.07) is 1.93. The summed E-state index contributed by atoms with van der Waals surface area (Å²) >= 11 is 1.58. The van der Waals surface area contributed by atoms with Crippen LogP contribution in [0.4, 0.5) is 0 Å². The van der Waals surface area contributed by atoms with Crippen molar-refractivity contribution in [3.63, 3.8) is 0 Å². The first-order valence-electron chi connectivity index (χ1n) is 4.94. The summed E-state index contributed by atoms with van der Waals surface area (Å²) < 4.78 is 27.5. The standard InChI is InChI=1S/C10H17NO3S2/c1-11-8(5-7-16(3,12)13)10-9(14-2)4-6-15-10/h4,6,8,11H,5,7H2,1-3H3. The molecule has 1 heterocycles. The molecular weight excluding hydrogens is 246 g/mol. The topological polar surface area (TPSA) is 55.4 Å². The fourth-order valence-corrected chi connectivity index (χ4v) is 3.14. The third-order valence-electron chi connectivity index (χ3n) is 2.32. The van der Waals surface area contributed by atoms with Crippen molar-refractivity contribution in [2.45, 2.75) is 12.5 Å². The maximum Gasteiger partial charge on any atom is 0.147 e. The molecule has 6 heteroatoms. The Morgan fingerprint density at radius 3 is 2.75 bits per heavy atom. The third-order valence-corrected chi connectivity index (χ3v) is 4.31. The molecule has 0 saturated heterocycles. The molecule has 0 amide bonds. The van der Waals surface area contributed by atoms with Crippen LogP contribution in [0.2, 0.25) is 0 Å². The van der Waals surface area contributed by atoms with Gasteiger partial charge in [0.05, 0.1) is 17.7 Å². The second-order valence-corrected chi connectivity index (χ2v) is 6.82. The highest BCUT2D eigenvalue weighted by Gasteiger charge is 2.17. The van der Waals surface area contributed by atoms with E-state index in [0.717, 1.165) is 10.6 Å². The minimum Gasteiger partial charge on any atom is -0.496 e. The number of methoxy groups -OCH3 is 1. The first kappa shape index (κ1) is 13.5. The predicted octanol–water partition coefficient (Wildman–Crippen LogP) is 1.45. The molecule has 0 saturated carbocycles. The lowest BCUT2D eigenvalue weighted by Crippen LogP contribution is -2.19. The summed E-state index contributed by atoms with van der Waals surface area (Å²) in [5, 5.41) is 5.06. The van der Waals surface area contributed by atoms with Crippen LogP contribution in [0.25, 0.3) is 0 Å². The average molecular weight is 263 g/mol. The Kier molecular flexibility index (Phi) is 4.76. The van der Waals surface area contributed by atoms with Crippen LogP contribution in [0.5, 0.6) is 5.75 Å². The van der Waals surface area contributed by atoms with Crippen LogP contribution in [-0.4, -0.2) is 34.6 Å². The van der Waals surface area contributed by atoms with Crippen LogP contribution in [0.1, 0.15) is 17.3 Å². The quantitative estimate of drug-likeness (QED) is 0.844. The molecule has 16 heavy (non-hydrogen) atoms. The highest BCUT2D eigenvalue weighted by atomic mass is 32.2. The molecule has 1 aromatic heterocycles. The average Bonchev–Trinajstić information content (AvgIpc) is 2.65. The van der Waals surface area contributed by atoms with Crippen LogP contribution in [0.15, 0.2) is 11.4 Å². The molecule has 4 nitrogen and oxygen atoms in total. The zero-order valence-corrected chi connectivity index (χ0v) is 11.3. The lowest BCUT2D eigenvalue weighted by atomic mass is 10.2. The van der Waals surface area contributed by atoms with Crippen molar-refractivity contribution in [3.05, 3.63) is 16.3 Å². The van der Waals surface area contributed by atoms with Crippen LogP contribution in [0.3, 0.4) is 0 Å². The Morgan fingerprint density at radius 1 is 1.56 bits per heavy atom. The molecule has 92 valence electrons. The van der Waals surface area contributed by atoms with Crippen molar-refractivity contribution >= 4 is 21.2 Å². The van der Waals surface area contributed by atoms with E-state index < -0.39 is 9.84 Å². The Labute approximate surface area is 101 Å². The second-order valence-electron chi connectivity index (χ2n) is 3.61. The summed E-state index contributed by atoms with van der Waals surface area (Å²) in [6.07, 6.45) is 1.82. The first-order valence-corrected chi connectivity index (χ1v) is 7.88. The van der Waals surface area contributed by atoms with Gasteiger partial charge >= 0.3 is 0 Å². The zero-order chi connectivity index (χ0) is 12.2. The monoisotopic (exact) mass is 263 g/mol. The van der Waals surface area contributed by atoms with Gasteiger partial charge in [-0.15, -0.1) is 11.3 Å². The molecule has 1 N–H and O–H groups in total. The second kappa shape index (κ2) is 5.65. The van der Waals surface area contributed by atoms with E-state index in [2.05, 4.69) is 5.32 Å². The van der Waals surface area contributed by atoms with Gasteiger partial charge in [-0.1, -0.05) is 0 Å². The van der Waals surface area contributed by atoms with Crippen molar-refractivity contribution in [1.29, 1.82) is 0 Å². The number of rotatable bonds is 6. The van der Waals surface area contributed by atoms with Gasteiger partial charge in [-0.2, -0.15) is 0 Å². The van der Waals surface area contributed by atoms with Gasteiger partial charge in [0.15, 0.2) is 0 Å².